The first-order valence-corrected chi connectivity index (χ1v) is 11.4. The number of nitrogens with zero attached hydrogens (tertiary/aromatic N) is 5. The summed E-state index contributed by atoms with van der Waals surface area (Å²) >= 11 is 0. The van der Waals surface area contributed by atoms with Crippen LogP contribution in [0.4, 0.5) is 5.69 Å². The van der Waals surface area contributed by atoms with Crippen molar-refractivity contribution in [3.05, 3.63) is 48.5 Å². The minimum atomic E-state index is 0.746. The molecular formula is C25H33N5. The Morgan fingerprint density at radius 1 is 0.833 bits per heavy atom. The number of aryl methyl sites for hydroxylation is 1. The first kappa shape index (κ1) is 19.6. The van der Waals surface area contributed by atoms with Crippen molar-refractivity contribution in [1.82, 2.24) is 19.4 Å². The number of piperidine rings is 1. The predicted molar refractivity (Wildman–Crippen MR) is 125 cm³/mol. The van der Waals surface area contributed by atoms with Gasteiger partial charge in [0.25, 0.3) is 0 Å². The van der Waals surface area contributed by atoms with Crippen molar-refractivity contribution in [3.8, 4) is 11.4 Å². The Labute approximate surface area is 179 Å². The molecule has 0 saturated carbocycles. The number of benzene rings is 2. The SMILES string of the molecule is CN1CCCN(C2CCN(c3cccc(-c4nc5ccccc5n4C)c3)CC2)CC1. The van der Waals surface area contributed by atoms with Gasteiger partial charge < -0.3 is 14.4 Å². The fourth-order valence-corrected chi connectivity index (χ4v) is 5.17. The topological polar surface area (TPSA) is 27.5 Å². The van der Waals surface area contributed by atoms with Crippen LogP contribution >= 0.6 is 0 Å². The van der Waals surface area contributed by atoms with Gasteiger partial charge in [0.05, 0.1) is 11.0 Å². The number of imidazole rings is 1. The second kappa shape index (κ2) is 8.40. The van der Waals surface area contributed by atoms with Crippen molar-refractivity contribution >= 4 is 16.7 Å². The second-order valence-corrected chi connectivity index (χ2v) is 8.94. The molecule has 5 heteroatoms. The summed E-state index contributed by atoms with van der Waals surface area (Å²) in [5.74, 6) is 1.04. The molecule has 3 aromatic rings. The van der Waals surface area contributed by atoms with Crippen LogP contribution in [-0.2, 0) is 7.05 Å². The van der Waals surface area contributed by atoms with Crippen molar-refractivity contribution in [2.75, 3.05) is 51.2 Å². The van der Waals surface area contributed by atoms with Crippen LogP contribution in [0.15, 0.2) is 48.5 Å². The van der Waals surface area contributed by atoms with Crippen molar-refractivity contribution in [3.63, 3.8) is 0 Å². The molecule has 0 atom stereocenters. The standard InChI is InChI=1S/C25H33N5/c1-27-13-6-14-29(18-17-27)21-11-15-30(16-12-21)22-8-5-7-20(19-22)25-26-23-9-3-4-10-24(23)28(25)2/h3-5,7-10,19,21H,6,11-18H2,1-2H3. The van der Waals surface area contributed by atoms with Crippen LogP contribution in [0.25, 0.3) is 22.4 Å². The third kappa shape index (κ3) is 3.84. The normalized spacial score (nSPS) is 20.0. The van der Waals surface area contributed by atoms with E-state index in [-0.39, 0.29) is 0 Å². The summed E-state index contributed by atoms with van der Waals surface area (Å²) in [5, 5.41) is 0. The number of fused-ring (bicyclic) bond motifs is 1. The van der Waals surface area contributed by atoms with E-state index in [2.05, 4.69) is 81.9 Å². The molecular weight excluding hydrogens is 370 g/mol. The number of likely N-dealkylation sites (N-methyl/N-ethyl adjacent to an activating group) is 1. The first-order chi connectivity index (χ1) is 14.7. The van der Waals surface area contributed by atoms with Crippen LogP contribution in [-0.4, -0.2) is 71.7 Å². The number of aromatic nitrogens is 2. The van der Waals surface area contributed by atoms with Gasteiger partial charge in [0, 0.05) is 50.5 Å². The van der Waals surface area contributed by atoms with Gasteiger partial charge in [0.1, 0.15) is 5.82 Å². The Hall–Kier alpha value is -2.37. The van der Waals surface area contributed by atoms with Gasteiger partial charge in [0.2, 0.25) is 0 Å². The molecule has 1 aromatic heterocycles. The molecule has 2 fully saturated rings. The molecule has 0 spiro atoms. The lowest BCUT2D eigenvalue weighted by atomic mass is 10.0. The quantitative estimate of drug-likeness (QED) is 0.664. The Balaban J connectivity index is 1.30. The van der Waals surface area contributed by atoms with Gasteiger partial charge in [-0.25, -0.2) is 4.98 Å². The van der Waals surface area contributed by atoms with Gasteiger partial charge in [-0.1, -0.05) is 24.3 Å². The highest BCUT2D eigenvalue weighted by Crippen LogP contribution is 2.29. The molecule has 0 amide bonds. The number of rotatable bonds is 3. The predicted octanol–water partition coefficient (Wildman–Crippen LogP) is 3.85. The van der Waals surface area contributed by atoms with E-state index in [1.807, 2.05) is 0 Å². The maximum Gasteiger partial charge on any atom is 0.140 e. The van der Waals surface area contributed by atoms with E-state index in [9.17, 15) is 0 Å². The number of hydrogen-bond donors (Lipinski definition) is 0. The third-order valence-corrected chi connectivity index (χ3v) is 6.99. The van der Waals surface area contributed by atoms with E-state index >= 15 is 0 Å². The van der Waals surface area contributed by atoms with Crippen molar-refractivity contribution in [2.45, 2.75) is 25.3 Å². The Morgan fingerprint density at radius 3 is 2.50 bits per heavy atom. The van der Waals surface area contributed by atoms with E-state index in [4.69, 9.17) is 4.98 Å². The maximum absolute atomic E-state index is 4.89. The zero-order chi connectivity index (χ0) is 20.5. The van der Waals surface area contributed by atoms with Crippen LogP contribution in [0, 0.1) is 0 Å². The number of anilines is 1. The highest BCUT2D eigenvalue weighted by molar-refractivity contribution is 5.81. The Bertz CT molecular complexity index is 1000. The van der Waals surface area contributed by atoms with Crippen LogP contribution in [0.2, 0.25) is 0 Å². The van der Waals surface area contributed by atoms with Crippen molar-refractivity contribution in [2.24, 2.45) is 7.05 Å². The van der Waals surface area contributed by atoms with Gasteiger partial charge in [-0.3, -0.25) is 4.90 Å². The molecule has 30 heavy (non-hydrogen) atoms. The summed E-state index contributed by atoms with van der Waals surface area (Å²) in [5.41, 5.74) is 4.77. The molecule has 5 nitrogen and oxygen atoms in total. The van der Waals surface area contributed by atoms with Crippen LogP contribution in [0.1, 0.15) is 19.3 Å². The van der Waals surface area contributed by atoms with Crippen LogP contribution in [0.5, 0.6) is 0 Å². The monoisotopic (exact) mass is 403 g/mol. The first-order valence-electron chi connectivity index (χ1n) is 11.4. The average molecular weight is 404 g/mol. The Kier molecular flexibility index (Phi) is 5.48. The molecule has 3 heterocycles. The summed E-state index contributed by atoms with van der Waals surface area (Å²) in [6, 6.07) is 18.1. The minimum absolute atomic E-state index is 0.746. The van der Waals surface area contributed by atoms with Gasteiger partial charge in [0.15, 0.2) is 0 Å². The summed E-state index contributed by atoms with van der Waals surface area (Å²) in [4.78, 5) is 12.7. The highest BCUT2D eigenvalue weighted by Gasteiger charge is 2.26. The van der Waals surface area contributed by atoms with Crippen LogP contribution in [0.3, 0.4) is 0 Å². The van der Waals surface area contributed by atoms with E-state index in [1.165, 1.54) is 62.2 Å². The molecule has 2 aliphatic heterocycles. The van der Waals surface area contributed by atoms with Crippen molar-refractivity contribution in [1.29, 1.82) is 0 Å². The maximum atomic E-state index is 4.89. The third-order valence-electron chi connectivity index (χ3n) is 6.99. The molecule has 0 bridgehead atoms. The molecule has 2 aliphatic rings. The lowest BCUT2D eigenvalue weighted by Gasteiger charge is -2.39. The summed E-state index contributed by atoms with van der Waals surface area (Å²) in [6.45, 7) is 7.22. The van der Waals surface area contributed by atoms with E-state index in [0.717, 1.165) is 30.5 Å². The number of para-hydroxylation sites is 2. The summed E-state index contributed by atoms with van der Waals surface area (Å²) < 4.78 is 2.21. The molecule has 0 N–H and O–H groups in total. The minimum Gasteiger partial charge on any atom is -0.371 e. The van der Waals surface area contributed by atoms with E-state index in [0.29, 0.717) is 0 Å². The van der Waals surface area contributed by atoms with Gasteiger partial charge in [-0.15, -0.1) is 0 Å². The molecule has 2 saturated heterocycles. The summed E-state index contributed by atoms with van der Waals surface area (Å²) in [6.07, 6.45) is 3.83. The van der Waals surface area contributed by atoms with Gasteiger partial charge in [-0.05, 0) is 63.7 Å². The molecule has 0 radical (unpaired) electrons. The molecule has 0 aliphatic carbocycles. The van der Waals surface area contributed by atoms with E-state index < -0.39 is 0 Å². The Morgan fingerprint density at radius 2 is 1.67 bits per heavy atom. The molecule has 2 aromatic carbocycles. The average Bonchev–Trinajstić information content (AvgIpc) is 2.97. The van der Waals surface area contributed by atoms with Gasteiger partial charge in [-0.2, -0.15) is 0 Å². The van der Waals surface area contributed by atoms with Gasteiger partial charge >= 0.3 is 0 Å². The zero-order valence-corrected chi connectivity index (χ0v) is 18.3. The fourth-order valence-electron chi connectivity index (χ4n) is 5.17. The van der Waals surface area contributed by atoms with Crippen molar-refractivity contribution < 1.29 is 0 Å². The largest absolute Gasteiger partial charge is 0.371 e. The lowest BCUT2D eigenvalue weighted by Crippen LogP contribution is -2.46. The van der Waals surface area contributed by atoms with Crippen LogP contribution < -0.4 is 4.90 Å². The molecule has 158 valence electrons. The number of hydrogen-bond acceptors (Lipinski definition) is 4. The second-order valence-electron chi connectivity index (χ2n) is 8.94. The molecule has 0 unspecified atom stereocenters. The molecule has 5 rings (SSSR count). The highest BCUT2D eigenvalue weighted by atomic mass is 15.2. The fraction of sp³-hybridized carbons (Fsp3) is 0.480. The smallest absolute Gasteiger partial charge is 0.140 e. The lowest BCUT2D eigenvalue weighted by molar-refractivity contribution is 0.174. The summed E-state index contributed by atoms with van der Waals surface area (Å²) in [7, 11) is 4.37. The van der Waals surface area contributed by atoms with E-state index in [1.54, 1.807) is 0 Å². The zero-order valence-electron chi connectivity index (χ0n) is 18.3.